The Balaban J connectivity index is 1.46. The van der Waals surface area contributed by atoms with E-state index in [4.69, 9.17) is 0 Å². The summed E-state index contributed by atoms with van der Waals surface area (Å²) in [6.45, 7) is 0. The van der Waals surface area contributed by atoms with Crippen LogP contribution in [0, 0.1) is 0 Å². The molecule has 9 heavy (non-hydrogen) atoms. The molecule has 2 rings (SSSR count). The lowest BCUT2D eigenvalue weighted by Crippen LogP contribution is -1.93. The van der Waals surface area contributed by atoms with Crippen molar-refractivity contribution in [3.05, 3.63) is 0 Å². The Morgan fingerprint density at radius 1 is 1.11 bits per heavy atom. The molecule has 2 heterocycles. The topological polar surface area (TPSA) is 0 Å². The quantitative estimate of drug-likeness (QED) is 0.604. The van der Waals surface area contributed by atoms with Crippen LogP contribution in [-0.4, -0.2) is 33.5 Å². The van der Waals surface area contributed by atoms with E-state index in [-0.39, 0.29) is 0 Å². The lowest BCUT2D eigenvalue weighted by Gasteiger charge is -1.93. The van der Waals surface area contributed by atoms with E-state index in [0.29, 0.717) is 0 Å². The van der Waals surface area contributed by atoms with E-state index >= 15 is 0 Å². The van der Waals surface area contributed by atoms with Gasteiger partial charge < -0.3 is 0 Å². The average molecular weight is 178 g/mol. The van der Waals surface area contributed by atoms with Crippen LogP contribution in [0.15, 0.2) is 0 Å². The van der Waals surface area contributed by atoms with Crippen molar-refractivity contribution >= 4 is 35.3 Å². The van der Waals surface area contributed by atoms with E-state index in [1.54, 1.807) is 0 Å². The molecule has 2 atom stereocenters. The highest BCUT2D eigenvalue weighted by atomic mass is 32.2. The van der Waals surface area contributed by atoms with Crippen molar-refractivity contribution in [2.45, 2.75) is 10.5 Å². The predicted octanol–water partition coefficient (Wildman–Crippen LogP) is 1.95. The van der Waals surface area contributed by atoms with Gasteiger partial charge in [0.05, 0.1) is 0 Å². The summed E-state index contributed by atoms with van der Waals surface area (Å²) < 4.78 is 0. The summed E-state index contributed by atoms with van der Waals surface area (Å²) in [5.74, 6) is 5.71. The monoisotopic (exact) mass is 178 g/mol. The highest BCUT2D eigenvalue weighted by Crippen LogP contribution is 2.37. The van der Waals surface area contributed by atoms with Crippen LogP contribution < -0.4 is 0 Å². The van der Waals surface area contributed by atoms with Gasteiger partial charge in [-0.15, -0.1) is 0 Å². The van der Waals surface area contributed by atoms with Crippen molar-refractivity contribution in [2.75, 3.05) is 23.0 Å². The minimum absolute atomic E-state index is 1.04. The SMILES string of the molecule is C(SC[C@H]1CS1)C1CS1. The number of thioether (sulfide) groups is 3. The molecule has 2 aliphatic rings. The fourth-order valence-electron chi connectivity index (χ4n) is 0.659. The van der Waals surface area contributed by atoms with Crippen LogP contribution in [0.1, 0.15) is 0 Å². The van der Waals surface area contributed by atoms with Crippen LogP contribution in [-0.2, 0) is 0 Å². The van der Waals surface area contributed by atoms with Crippen molar-refractivity contribution in [1.29, 1.82) is 0 Å². The van der Waals surface area contributed by atoms with Crippen LogP contribution in [0.5, 0.6) is 0 Å². The van der Waals surface area contributed by atoms with Crippen LogP contribution in [0.25, 0.3) is 0 Å². The van der Waals surface area contributed by atoms with Gasteiger partial charge in [-0.3, -0.25) is 0 Å². The first-order chi connectivity index (χ1) is 4.45. The fraction of sp³-hybridized carbons (Fsp3) is 1.00. The van der Waals surface area contributed by atoms with Crippen molar-refractivity contribution in [3.63, 3.8) is 0 Å². The molecular formula is C6H10S3. The zero-order valence-corrected chi connectivity index (χ0v) is 7.66. The summed E-state index contributed by atoms with van der Waals surface area (Å²) >= 11 is 6.38. The standard InChI is InChI=1S/C6H10S3/c1(5-3-8-5)7-2-6-4-9-6/h5-6H,1-4H2/t5-,6?/m0/s1. The molecule has 0 aromatic carbocycles. The summed E-state index contributed by atoms with van der Waals surface area (Å²) in [6, 6.07) is 0. The minimum atomic E-state index is 1.04. The number of rotatable bonds is 4. The Labute approximate surface area is 68.9 Å². The van der Waals surface area contributed by atoms with Gasteiger partial charge in [0.1, 0.15) is 0 Å². The first-order valence-electron chi connectivity index (χ1n) is 3.26. The molecule has 0 amide bonds. The summed E-state index contributed by atoms with van der Waals surface area (Å²) in [5.41, 5.74) is 0. The van der Waals surface area contributed by atoms with Gasteiger partial charge in [-0.05, 0) is 0 Å². The first-order valence-corrected chi connectivity index (χ1v) is 6.51. The molecule has 0 bridgehead atoms. The third-order valence-corrected chi connectivity index (χ3v) is 5.05. The Kier molecular flexibility index (Phi) is 2.23. The van der Waals surface area contributed by atoms with Gasteiger partial charge in [0.2, 0.25) is 0 Å². The van der Waals surface area contributed by atoms with Crippen LogP contribution >= 0.6 is 35.3 Å². The average Bonchev–Trinajstić information content (AvgIpc) is 2.57. The van der Waals surface area contributed by atoms with Crippen molar-refractivity contribution in [1.82, 2.24) is 0 Å². The third kappa shape index (κ3) is 2.64. The molecule has 0 aromatic rings. The summed E-state index contributed by atoms with van der Waals surface area (Å²) in [4.78, 5) is 0. The van der Waals surface area contributed by atoms with Gasteiger partial charge in [-0.1, -0.05) is 0 Å². The molecule has 0 nitrogen and oxygen atoms in total. The van der Waals surface area contributed by atoms with Crippen LogP contribution in [0.4, 0.5) is 0 Å². The molecule has 0 spiro atoms. The number of hydrogen-bond acceptors (Lipinski definition) is 3. The summed E-state index contributed by atoms with van der Waals surface area (Å²) in [6.07, 6.45) is 0. The lowest BCUT2D eigenvalue weighted by atomic mass is 10.6. The van der Waals surface area contributed by atoms with Gasteiger partial charge in [0.15, 0.2) is 0 Å². The minimum Gasteiger partial charge on any atom is -0.160 e. The molecule has 2 fully saturated rings. The Morgan fingerprint density at radius 2 is 1.56 bits per heavy atom. The second-order valence-electron chi connectivity index (χ2n) is 2.45. The smallest absolute Gasteiger partial charge is 0.0229 e. The van der Waals surface area contributed by atoms with Crippen molar-refractivity contribution in [2.24, 2.45) is 0 Å². The molecule has 52 valence electrons. The molecule has 0 aromatic heterocycles. The van der Waals surface area contributed by atoms with Crippen LogP contribution in [0.3, 0.4) is 0 Å². The Bertz CT molecular complexity index is 84.5. The maximum absolute atomic E-state index is 2.15. The molecule has 1 unspecified atom stereocenters. The lowest BCUT2D eigenvalue weighted by molar-refractivity contribution is 1.23. The maximum atomic E-state index is 2.15. The summed E-state index contributed by atoms with van der Waals surface area (Å²) in [5, 5.41) is 2.08. The van der Waals surface area contributed by atoms with Crippen molar-refractivity contribution < 1.29 is 0 Å². The van der Waals surface area contributed by atoms with Gasteiger partial charge in [0, 0.05) is 33.5 Å². The molecule has 0 aliphatic carbocycles. The van der Waals surface area contributed by atoms with Crippen molar-refractivity contribution in [3.8, 4) is 0 Å². The molecule has 0 radical (unpaired) electrons. The zero-order chi connectivity index (χ0) is 6.10. The normalized spacial score (nSPS) is 38.7. The number of hydrogen-bond donors (Lipinski definition) is 0. The van der Waals surface area contributed by atoms with E-state index in [9.17, 15) is 0 Å². The van der Waals surface area contributed by atoms with E-state index in [2.05, 4.69) is 35.3 Å². The fourth-order valence-corrected chi connectivity index (χ4v) is 3.71. The van der Waals surface area contributed by atoms with Gasteiger partial charge in [0.25, 0.3) is 0 Å². The van der Waals surface area contributed by atoms with Crippen LogP contribution in [0.2, 0.25) is 0 Å². The third-order valence-electron chi connectivity index (χ3n) is 1.41. The zero-order valence-electron chi connectivity index (χ0n) is 5.21. The van der Waals surface area contributed by atoms with E-state index < -0.39 is 0 Å². The molecule has 2 saturated heterocycles. The molecule has 0 saturated carbocycles. The molecule has 0 N–H and O–H groups in total. The van der Waals surface area contributed by atoms with Gasteiger partial charge in [-0.25, -0.2) is 0 Å². The summed E-state index contributed by atoms with van der Waals surface area (Å²) in [7, 11) is 0. The van der Waals surface area contributed by atoms with Gasteiger partial charge in [-0.2, -0.15) is 35.3 Å². The highest BCUT2D eigenvalue weighted by Gasteiger charge is 2.25. The second kappa shape index (κ2) is 2.97. The molecular weight excluding hydrogens is 168 g/mol. The second-order valence-corrected chi connectivity index (χ2v) is 6.19. The van der Waals surface area contributed by atoms with E-state index in [1.165, 1.54) is 23.0 Å². The van der Waals surface area contributed by atoms with Gasteiger partial charge >= 0.3 is 0 Å². The first kappa shape index (κ1) is 6.74. The largest absolute Gasteiger partial charge is 0.160 e. The molecule has 3 heteroatoms. The maximum Gasteiger partial charge on any atom is 0.0229 e. The predicted molar refractivity (Wildman–Crippen MR) is 49.8 cm³/mol. The Hall–Kier alpha value is 1.05. The van der Waals surface area contributed by atoms with E-state index in [0.717, 1.165) is 10.5 Å². The molecule has 2 aliphatic heterocycles. The van der Waals surface area contributed by atoms with E-state index in [1.807, 2.05) is 0 Å². The highest BCUT2D eigenvalue weighted by molar-refractivity contribution is 8.10. The Morgan fingerprint density at radius 3 is 1.89 bits per heavy atom.